The molecule has 1 heterocycles. The van der Waals surface area contributed by atoms with Crippen LogP contribution in [0.2, 0.25) is 0 Å². The normalized spacial score (nSPS) is 12.3. The van der Waals surface area contributed by atoms with E-state index in [0.717, 1.165) is 19.4 Å². The Kier molecular flexibility index (Phi) is 4.91. The fourth-order valence-electron chi connectivity index (χ4n) is 1.92. The number of aromatic nitrogens is 1. The number of hydrogen-bond donors (Lipinski definition) is 1. The Hall–Kier alpha value is -1.67. The van der Waals surface area contributed by atoms with Gasteiger partial charge in [0.15, 0.2) is 0 Å². The SMILES string of the molecule is CC(CCc1ccccc1)NCc1cccnc1. The fraction of sp³-hybridized carbons (Fsp3) is 0.312. The van der Waals surface area contributed by atoms with E-state index in [0.29, 0.717) is 6.04 Å². The monoisotopic (exact) mass is 240 g/mol. The summed E-state index contributed by atoms with van der Waals surface area (Å²) < 4.78 is 0. The molecular formula is C16H20N2. The van der Waals surface area contributed by atoms with Crippen LogP contribution in [0.25, 0.3) is 0 Å². The molecular weight excluding hydrogens is 220 g/mol. The second-order valence-corrected chi connectivity index (χ2v) is 4.67. The van der Waals surface area contributed by atoms with Gasteiger partial charge in [-0.2, -0.15) is 0 Å². The molecule has 0 aliphatic carbocycles. The Bertz CT molecular complexity index is 396. The first-order valence-corrected chi connectivity index (χ1v) is 6.51. The second-order valence-electron chi connectivity index (χ2n) is 4.67. The molecule has 0 bridgehead atoms. The van der Waals surface area contributed by atoms with Crippen LogP contribution in [0.3, 0.4) is 0 Å². The van der Waals surface area contributed by atoms with Crippen molar-refractivity contribution >= 4 is 0 Å². The first-order valence-electron chi connectivity index (χ1n) is 6.51. The van der Waals surface area contributed by atoms with Gasteiger partial charge in [0.05, 0.1) is 0 Å². The highest BCUT2D eigenvalue weighted by molar-refractivity contribution is 5.14. The van der Waals surface area contributed by atoms with Crippen molar-refractivity contribution < 1.29 is 0 Å². The minimum absolute atomic E-state index is 0.519. The van der Waals surface area contributed by atoms with Gasteiger partial charge in [0.25, 0.3) is 0 Å². The molecule has 0 saturated heterocycles. The molecule has 2 aromatic rings. The number of rotatable bonds is 6. The number of pyridine rings is 1. The Balaban J connectivity index is 1.71. The summed E-state index contributed by atoms with van der Waals surface area (Å²) >= 11 is 0. The van der Waals surface area contributed by atoms with E-state index < -0.39 is 0 Å². The van der Waals surface area contributed by atoms with Crippen LogP contribution >= 0.6 is 0 Å². The molecule has 0 aliphatic rings. The fourth-order valence-corrected chi connectivity index (χ4v) is 1.92. The maximum atomic E-state index is 4.12. The molecule has 94 valence electrons. The number of nitrogens with one attached hydrogen (secondary N) is 1. The smallest absolute Gasteiger partial charge is 0.0312 e. The lowest BCUT2D eigenvalue weighted by molar-refractivity contribution is 0.513. The van der Waals surface area contributed by atoms with E-state index >= 15 is 0 Å². The van der Waals surface area contributed by atoms with Crippen molar-refractivity contribution in [2.24, 2.45) is 0 Å². The zero-order valence-electron chi connectivity index (χ0n) is 10.8. The van der Waals surface area contributed by atoms with E-state index in [1.807, 2.05) is 18.5 Å². The third-order valence-electron chi connectivity index (χ3n) is 3.09. The Morgan fingerprint density at radius 2 is 1.83 bits per heavy atom. The van der Waals surface area contributed by atoms with Crippen molar-refractivity contribution in [1.29, 1.82) is 0 Å². The predicted molar refractivity (Wildman–Crippen MR) is 75.3 cm³/mol. The van der Waals surface area contributed by atoms with Gasteiger partial charge in [-0.25, -0.2) is 0 Å². The van der Waals surface area contributed by atoms with E-state index in [2.05, 4.69) is 53.6 Å². The topological polar surface area (TPSA) is 24.9 Å². The molecule has 0 fully saturated rings. The van der Waals surface area contributed by atoms with Crippen LogP contribution in [0, 0.1) is 0 Å². The van der Waals surface area contributed by atoms with E-state index in [1.54, 1.807) is 0 Å². The lowest BCUT2D eigenvalue weighted by Gasteiger charge is -2.13. The summed E-state index contributed by atoms with van der Waals surface area (Å²) in [7, 11) is 0. The maximum absolute atomic E-state index is 4.12. The first kappa shape index (κ1) is 12.8. The van der Waals surface area contributed by atoms with E-state index in [1.165, 1.54) is 11.1 Å². The van der Waals surface area contributed by atoms with Crippen LogP contribution in [0.1, 0.15) is 24.5 Å². The Morgan fingerprint density at radius 1 is 1.06 bits per heavy atom. The van der Waals surface area contributed by atoms with Crippen molar-refractivity contribution in [2.75, 3.05) is 0 Å². The molecule has 0 spiro atoms. The molecule has 0 radical (unpaired) electrons. The van der Waals surface area contributed by atoms with Gasteiger partial charge >= 0.3 is 0 Å². The molecule has 1 unspecified atom stereocenters. The average Bonchev–Trinajstić information content (AvgIpc) is 2.45. The summed E-state index contributed by atoms with van der Waals surface area (Å²) in [6.07, 6.45) is 6.01. The zero-order chi connectivity index (χ0) is 12.6. The molecule has 1 aromatic heterocycles. The summed E-state index contributed by atoms with van der Waals surface area (Å²) in [6.45, 7) is 3.13. The highest BCUT2D eigenvalue weighted by atomic mass is 14.9. The Labute approximate surface area is 109 Å². The van der Waals surface area contributed by atoms with Gasteiger partial charge < -0.3 is 5.32 Å². The lowest BCUT2D eigenvalue weighted by atomic mass is 10.1. The van der Waals surface area contributed by atoms with Gasteiger partial charge in [0.1, 0.15) is 0 Å². The number of benzene rings is 1. The largest absolute Gasteiger partial charge is 0.310 e. The van der Waals surface area contributed by atoms with Crippen LogP contribution in [0.5, 0.6) is 0 Å². The molecule has 2 heteroatoms. The lowest BCUT2D eigenvalue weighted by Crippen LogP contribution is -2.25. The number of hydrogen-bond acceptors (Lipinski definition) is 2. The standard InChI is InChI=1S/C16H20N2/c1-14(9-10-15-6-3-2-4-7-15)18-13-16-8-5-11-17-12-16/h2-8,11-12,14,18H,9-10,13H2,1H3. The van der Waals surface area contributed by atoms with Crippen molar-refractivity contribution in [3.05, 3.63) is 66.0 Å². The summed E-state index contributed by atoms with van der Waals surface area (Å²) in [5.74, 6) is 0. The van der Waals surface area contributed by atoms with Crippen LogP contribution < -0.4 is 5.32 Å². The zero-order valence-corrected chi connectivity index (χ0v) is 10.8. The average molecular weight is 240 g/mol. The van der Waals surface area contributed by atoms with Gasteiger partial charge in [-0.3, -0.25) is 4.98 Å². The number of nitrogens with zero attached hydrogens (tertiary/aromatic N) is 1. The van der Waals surface area contributed by atoms with Gasteiger partial charge in [-0.15, -0.1) is 0 Å². The predicted octanol–water partition coefficient (Wildman–Crippen LogP) is 3.19. The van der Waals surface area contributed by atoms with Gasteiger partial charge in [0.2, 0.25) is 0 Å². The van der Waals surface area contributed by atoms with Gasteiger partial charge in [0, 0.05) is 25.0 Å². The Morgan fingerprint density at radius 3 is 2.56 bits per heavy atom. The first-order chi connectivity index (χ1) is 8.84. The van der Waals surface area contributed by atoms with Gasteiger partial charge in [-0.1, -0.05) is 36.4 Å². The third-order valence-corrected chi connectivity index (χ3v) is 3.09. The maximum Gasteiger partial charge on any atom is 0.0312 e. The number of aryl methyl sites for hydroxylation is 1. The van der Waals surface area contributed by atoms with E-state index in [-0.39, 0.29) is 0 Å². The third kappa shape index (κ3) is 4.30. The quantitative estimate of drug-likeness (QED) is 0.838. The molecule has 1 aromatic carbocycles. The highest BCUT2D eigenvalue weighted by Crippen LogP contribution is 2.05. The molecule has 18 heavy (non-hydrogen) atoms. The highest BCUT2D eigenvalue weighted by Gasteiger charge is 2.02. The van der Waals surface area contributed by atoms with Crippen molar-refractivity contribution in [3.8, 4) is 0 Å². The van der Waals surface area contributed by atoms with Crippen molar-refractivity contribution in [2.45, 2.75) is 32.4 Å². The molecule has 0 saturated carbocycles. The minimum atomic E-state index is 0.519. The summed E-state index contributed by atoms with van der Waals surface area (Å²) in [5.41, 5.74) is 2.65. The molecule has 2 rings (SSSR count). The molecule has 0 aliphatic heterocycles. The second kappa shape index (κ2) is 6.92. The summed E-state index contributed by atoms with van der Waals surface area (Å²) in [6, 6.07) is 15.2. The van der Waals surface area contributed by atoms with Crippen molar-refractivity contribution in [3.63, 3.8) is 0 Å². The molecule has 0 amide bonds. The minimum Gasteiger partial charge on any atom is -0.310 e. The van der Waals surface area contributed by atoms with Crippen LogP contribution in [0.4, 0.5) is 0 Å². The molecule has 2 nitrogen and oxygen atoms in total. The molecule has 1 N–H and O–H groups in total. The van der Waals surface area contributed by atoms with E-state index in [9.17, 15) is 0 Å². The van der Waals surface area contributed by atoms with Crippen molar-refractivity contribution in [1.82, 2.24) is 10.3 Å². The summed E-state index contributed by atoms with van der Waals surface area (Å²) in [4.78, 5) is 4.12. The van der Waals surface area contributed by atoms with Gasteiger partial charge in [-0.05, 0) is 37.0 Å². The van der Waals surface area contributed by atoms with Crippen LogP contribution in [-0.4, -0.2) is 11.0 Å². The van der Waals surface area contributed by atoms with E-state index in [4.69, 9.17) is 0 Å². The van der Waals surface area contributed by atoms with Crippen LogP contribution in [0.15, 0.2) is 54.9 Å². The summed E-state index contributed by atoms with van der Waals surface area (Å²) in [5, 5.41) is 3.53. The molecule has 1 atom stereocenters. The van der Waals surface area contributed by atoms with Crippen LogP contribution in [-0.2, 0) is 13.0 Å².